The molecule has 0 aromatic heterocycles. The van der Waals surface area contributed by atoms with Crippen molar-refractivity contribution in [2.45, 2.75) is 50.1 Å². The van der Waals surface area contributed by atoms with E-state index < -0.39 is 29.6 Å². The molecule has 0 radical (unpaired) electrons. The fraction of sp³-hybridized carbons (Fsp3) is 0.391. The number of rotatable bonds is 5. The van der Waals surface area contributed by atoms with Crippen LogP contribution in [0.2, 0.25) is 0 Å². The summed E-state index contributed by atoms with van der Waals surface area (Å²) in [5.41, 5.74) is -2.13. The molecule has 0 N–H and O–H groups in total. The van der Waals surface area contributed by atoms with Gasteiger partial charge in [0.2, 0.25) is 0 Å². The van der Waals surface area contributed by atoms with E-state index in [0.717, 1.165) is 30.5 Å². The molecule has 2 atom stereocenters. The maximum absolute atomic E-state index is 13.1. The number of benzene rings is 2. The average molecular weight is 428 g/mol. The minimum Gasteiger partial charge on any atom is -0.373 e. The minimum absolute atomic E-state index is 0.133. The van der Waals surface area contributed by atoms with Crippen LogP contribution in [0, 0.1) is 0 Å². The van der Waals surface area contributed by atoms with E-state index in [-0.39, 0.29) is 23.7 Å². The first-order chi connectivity index (χ1) is 14.0. The Bertz CT molecular complexity index is 853. The summed E-state index contributed by atoms with van der Waals surface area (Å²) in [6.07, 6.45) is -4.28. The number of ether oxygens (including phenoxy) is 1. The molecule has 0 unspecified atom stereocenters. The van der Waals surface area contributed by atoms with Crippen LogP contribution in [0.4, 0.5) is 26.3 Å². The van der Waals surface area contributed by atoms with Crippen molar-refractivity contribution in [1.29, 1.82) is 0 Å². The summed E-state index contributed by atoms with van der Waals surface area (Å²) in [4.78, 5) is 0. The van der Waals surface area contributed by atoms with Gasteiger partial charge < -0.3 is 4.74 Å². The highest BCUT2D eigenvalue weighted by Crippen LogP contribution is 2.40. The smallest absolute Gasteiger partial charge is 0.373 e. The molecule has 162 valence electrons. The van der Waals surface area contributed by atoms with Crippen LogP contribution in [0.1, 0.15) is 54.5 Å². The van der Waals surface area contributed by atoms with Crippen molar-refractivity contribution in [1.82, 2.24) is 0 Å². The molecule has 1 nitrogen and oxygen atoms in total. The molecular formula is C23H22F6O. The van der Waals surface area contributed by atoms with Crippen LogP contribution < -0.4 is 0 Å². The fourth-order valence-electron chi connectivity index (χ4n) is 3.75. The number of alkyl halides is 6. The first-order valence-corrected chi connectivity index (χ1v) is 9.63. The molecule has 0 fully saturated rings. The van der Waals surface area contributed by atoms with Crippen molar-refractivity contribution in [3.05, 3.63) is 82.9 Å². The predicted molar refractivity (Wildman–Crippen MR) is 102 cm³/mol. The van der Waals surface area contributed by atoms with Crippen molar-refractivity contribution < 1.29 is 31.1 Å². The molecule has 0 heterocycles. The molecule has 1 aliphatic rings. The van der Waals surface area contributed by atoms with Crippen molar-refractivity contribution in [3.8, 4) is 0 Å². The van der Waals surface area contributed by atoms with Crippen LogP contribution >= 0.6 is 0 Å². The summed E-state index contributed by atoms with van der Waals surface area (Å²) < 4.78 is 84.7. The van der Waals surface area contributed by atoms with E-state index in [2.05, 4.69) is 6.08 Å². The fourth-order valence-corrected chi connectivity index (χ4v) is 3.75. The zero-order chi connectivity index (χ0) is 22.0. The molecular weight excluding hydrogens is 406 g/mol. The topological polar surface area (TPSA) is 9.23 Å². The van der Waals surface area contributed by atoms with Crippen LogP contribution in [0.15, 0.2) is 60.7 Å². The molecule has 2 aromatic rings. The quantitative estimate of drug-likeness (QED) is 0.354. The lowest BCUT2D eigenvalue weighted by atomic mass is 9.72. The second-order valence-electron chi connectivity index (χ2n) is 7.65. The normalized spacial score (nSPS) is 20.9. The first kappa shape index (κ1) is 22.4. The van der Waals surface area contributed by atoms with E-state index in [4.69, 9.17) is 4.74 Å². The van der Waals surface area contributed by atoms with Gasteiger partial charge in [0.15, 0.2) is 0 Å². The summed E-state index contributed by atoms with van der Waals surface area (Å²) in [5.74, 6) is 0. The second-order valence-corrected chi connectivity index (χ2v) is 7.65. The van der Waals surface area contributed by atoms with E-state index in [9.17, 15) is 26.3 Å². The van der Waals surface area contributed by atoms with Crippen molar-refractivity contribution >= 4 is 0 Å². The van der Waals surface area contributed by atoms with E-state index in [1.807, 2.05) is 36.4 Å². The number of allylic oxidation sites excluding steroid dienone is 2. The van der Waals surface area contributed by atoms with Crippen LogP contribution in [0.25, 0.3) is 0 Å². The zero-order valence-corrected chi connectivity index (χ0v) is 16.4. The van der Waals surface area contributed by atoms with E-state index >= 15 is 0 Å². The third-order valence-electron chi connectivity index (χ3n) is 5.54. The van der Waals surface area contributed by atoms with E-state index in [0.29, 0.717) is 6.42 Å². The lowest BCUT2D eigenvalue weighted by Gasteiger charge is -2.36. The van der Waals surface area contributed by atoms with Crippen molar-refractivity contribution in [2.24, 2.45) is 0 Å². The Morgan fingerprint density at radius 2 is 1.50 bits per heavy atom. The highest BCUT2D eigenvalue weighted by molar-refractivity contribution is 5.35. The third-order valence-corrected chi connectivity index (χ3v) is 5.54. The molecule has 0 bridgehead atoms. The summed E-state index contributed by atoms with van der Waals surface area (Å²) in [5, 5.41) is 0. The number of halogens is 6. The van der Waals surface area contributed by atoms with E-state index in [1.54, 1.807) is 0 Å². The molecule has 1 aliphatic carbocycles. The molecule has 0 amide bonds. The lowest BCUT2D eigenvalue weighted by molar-refractivity contribution is -0.143. The molecule has 0 aliphatic heterocycles. The van der Waals surface area contributed by atoms with Crippen LogP contribution in [-0.4, -0.2) is 6.61 Å². The van der Waals surface area contributed by atoms with Gasteiger partial charge >= 0.3 is 12.4 Å². The standard InChI is InChI=1S/C23H22F6O/c1-16(17-12-19(22(24,25)26)14-20(13-17)23(27,28)29)30-15-21(10-6-3-7-11-21)18-8-4-2-5-9-18/h2-6,8-9,12-14,16H,7,10-11,15H2,1H3/t16-,21+/m1/s1. The first-order valence-electron chi connectivity index (χ1n) is 9.63. The minimum atomic E-state index is -4.88. The summed E-state index contributed by atoms with van der Waals surface area (Å²) in [6, 6.07) is 11.2. The van der Waals surface area contributed by atoms with Gasteiger partial charge in [-0.05, 0) is 55.5 Å². The summed E-state index contributed by atoms with van der Waals surface area (Å²) in [6.45, 7) is 1.67. The van der Waals surface area contributed by atoms with Crippen LogP contribution in [0.3, 0.4) is 0 Å². The SMILES string of the molecule is C[C@@H](OC[C@]1(c2ccccc2)CC=CCC1)c1cc(C(F)(F)F)cc(C(F)(F)F)c1. The predicted octanol–water partition coefficient (Wildman–Crippen LogP) is 7.48. The Balaban J connectivity index is 1.88. The summed E-state index contributed by atoms with van der Waals surface area (Å²) >= 11 is 0. The highest BCUT2D eigenvalue weighted by atomic mass is 19.4. The molecule has 0 spiro atoms. The molecule has 30 heavy (non-hydrogen) atoms. The Labute approximate surface area is 171 Å². The number of hydrogen-bond acceptors (Lipinski definition) is 1. The largest absolute Gasteiger partial charge is 0.416 e. The number of hydrogen-bond donors (Lipinski definition) is 0. The molecule has 3 rings (SSSR count). The Morgan fingerprint density at radius 3 is 2.00 bits per heavy atom. The Morgan fingerprint density at radius 1 is 0.900 bits per heavy atom. The van der Waals surface area contributed by atoms with Gasteiger partial charge in [-0.2, -0.15) is 26.3 Å². The van der Waals surface area contributed by atoms with Gasteiger partial charge in [0.25, 0.3) is 0 Å². The van der Waals surface area contributed by atoms with Crippen molar-refractivity contribution in [3.63, 3.8) is 0 Å². The van der Waals surface area contributed by atoms with Crippen LogP contribution in [-0.2, 0) is 22.5 Å². The lowest BCUT2D eigenvalue weighted by Crippen LogP contribution is -2.33. The summed E-state index contributed by atoms with van der Waals surface area (Å²) in [7, 11) is 0. The monoisotopic (exact) mass is 428 g/mol. The average Bonchev–Trinajstić information content (AvgIpc) is 2.72. The van der Waals surface area contributed by atoms with E-state index in [1.165, 1.54) is 6.92 Å². The van der Waals surface area contributed by atoms with Gasteiger partial charge in [0, 0.05) is 5.41 Å². The Hall–Kier alpha value is -2.28. The van der Waals surface area contributed by atoms with Gasteiger partial charge in [-0.3, -0.25) is 0 Å². The van der Waals surface area contributed by atoms with Crippen molar-refractivity contribution in [2.75, 3.05) is 6.61 Å². The second kappa shape index (κ2) is 8.46. The van der Waals surface area contributed by atoms with Gasteiger partial charge in [0.1, 0.15) is 0 Å². The molecule has 0 saturated carbocycles. The van der Waals surface area contributed by atoms with Crippen LogP contribution in [0.5, 0.6) is 0 Å². The van der Waals surface area contributed by atoms with Gasteiger partial charge in [0.05, 0.1) is 23.8 Å². The maximum atomic E-state index is 13.1. The molecule has 7 heteroatoms. The van der Waals surface area contributed by atoms with Gasteiger partial charge in [-0.25, -0.2) is 0 Å². The highest BCUT2D eigenvalue weighted by Gasteiger charge is 2.38. The van der Waals surface area contributed by atoms with Gasteiger partial charge in [-0.1, -0.05) is 42.5 Å². The maximum Gasteiger partial charge on any atom is 0.416 e. The molecule has 0 saturated heterocycles. The third kappa shape index (κ3) is 5.06. The Kier molecular flexibility index (Phi) is 6.32. The zero-order valence-electron chi connectivity index (χ0n) is 16.4. The molecule has 2 aromatic carbocycles. The van der Waals surface area contributed by atoms with Gasteiger partial charge in [-0.15, -0.1) is 0 Å².